The van der Waals surface area contributed by atoms with Crippen LogP contribution < -0.4 is 0 Å². The Kier molecular flexibility index (Phi) is 1.08. The van der Waals surface area contributed by atoms with Crippen LogP contribution in [0.1, 0.15) is 6.42 Å². The average molecular weight is 141 g/mol. The van der Waals surface area contributed by atoms with Crippen LogP contribution in [-0.4, -0.2) is 9.11 Å². The summed E-state index contributed by atoms with van der Waals surface area (Å²) in [6.07, 6.45) is 2.37. The Balaban J connectivity index is 2.53. The maximum Gasteiger partial charge on any atom is 0.0533 e. The molecule has 0 bridgehead atoms. The Hall–Kier alpha value is 0.300. The van der Waals surface area contributed by atoms with Gasteiger partial charge in [0, 0.05) is 17.1 Å². The van der Waals surface area contributed by atoms with E-state index < -0.39 is 9.80 Å². The molecular weight excluding hydrogens is 136 g/mol. The van der Waals surface area contributed by atoms with Gasteiger partial charge in [0.05, 0.1) is 4.91 Å². The van der Waals surface area contributed by atoms with E-state index >= 15 is 0 Å². The molecular formula is C3H5ClO2S. The minimum absolute atomic E-state index is 0.578. The van der Waals surface area contributed by atoms with E-state index in [2.05, 4.69) is 0 Å². The molecule has 1 rings (SSSR count). The zero-order chi connectivity index (χ0) is 5.49. The van der Waals surface area contributed by atoms with Crippen LogP contribution >= 0.6 is 20.5 Å². The lowest BCUT2D eigenvalue weighted by atomic mass is 10.9. The fourth-order valence-corrected chi connectivity index (χ4v) is 1.14. The summed E-state index contributed by atoms with van der Waals surface area (Å²) < 4.78 is 17.0. The van der Waals surface area contributed by atoms with E-state index in [0.29, 0.717) is 11.3 Å². The van der Waals surface area contributed by atoms with Gasteiger partial charge in [0.1, 0.15) is 0 Å². The molecule has 2 nitrogen and oxygen atoms in total. The quantitative estimate of drug-likeness (QED) is 0.586. The average Bonchev–Trinajstić information content (AvgIpc) is 1.99. The second kappa shape index (κ2) is 1.39. The first-order chi connectivity index (χ1) is 3.11. The minimum Gasteiger partial charge on any atom is -0.281 e. The number of allylic oxidation sites excluding steroid dienone is 2. The molecule has 0 aliphatic heterocycles. The Bertz CT molecular complexity index is 115. The lowest BCUT2D eigenvalue weighted by Crippen LogP contribution is -1.79. The standard InChI is InChI=1S/C3H5ClO2S/c4-7(5,6)3-1-2-3/h1,5-6H,2H2. The van der Waals surface area contributed by atoms with Gasteiger partial charge in [-0.25, -0.2) is 0 Å². The van der Waals surface area contributed by atoms with Crippen molar-refractivity contribution >= 4 is 20.5 Å². The van der Waals surface area contributed by atoms with Crippen LogP contribution in [-0.2, 0) is 0 Å². The van der Waals surface area contributed by atoms with Crippen molar-refractivity contribution in [2.24, 2.45) is 0 Å². The van der Waals surface area contributed by atoms with Crippen molar-refractivity contribution in [3.05, 3.63) is 11.0 Å². The van der Waals surface area contributed by atoms with Gasteiger partial charge >= 0.3 is 0 Å². The van der Waals surface area contributed by atoms with Crippen LogP contribution in [0.2, 0.25) is 0 Å². The molecule has 0 spiro atoms. The van der Waals surface area contributed by atoms with Crippen molar-refractivity contribution in [2.45, 2.75) is 6.42 Å². The maximum absolute atomic E-state index is 8.49. The number of hydrogen-bond donors (Lipinski definition) is 2. The van der Waals surface area contributed by atoms with Gasteiger partial charge in [-0.05, 0) is 0 Å². The molecule has 0 aromatic heterocycles. The molecule has 0 heterocycles. The molecule has 0 aromatic carbocycles. The molecule has 0 unspecified atom stereocenters. The van der Waals surface area contributed by atoms with Crippen molar-refractivity contribution in [3.63, 3.8) is 0 Å². The van der Waals surface area contributed by atoms with Gasteiger partial charge in [-0.1, -0.05) is 15.9 Å². The summed E-state index contributed by atoms with van der Waals surface area (Å²) in [6.45, 7) is 0. The maximum atomic E-state index is 8.49. The largest absolute Gasteiger partial charge is 0.281 e. The van der Waals surface area contributed by atoms with Crippen molar-refractivity contribution in [1.82, 2.24) is 0 Å². The molecule has 1 aliphatic rings. The van der Waals surface area contributed by atoms with Crippen molar-refractivity contribution < 1.29 is 9.11 Å². The Morgan fingerprint density at radius 2 is 2.14 bits per heavy atom. The summed E-state index contributed by atoms with van der Waals surface area (Å²) in [7, 11) is 2.26. The van der Waals surface area contributed by atoms with E-state index in [9.17, 15) is 0 Å². The van der Waals surface area contributed by atoms with E-state index in [4.69, 9.17) is 19.8 Å². The van der Waals surface area contributed by atoms with E-state index in [1.807, 2.05) is 0 Å². The van der Waals surface area contributed by atoms with Crippen molar-refractivity contribution in [1.29, 1.82) is 0 Å². The fourth-order valence-electron chi connectivity index (χ4n) is 0.254. The highest BCUT2D eigenvalue weighted by Crippen LogP contribution is 2.59. The Morgan fingerprint density at radius 1 is 1.71 bits per heavy atom. The van der Waals surface area contributed by atoms with Gasteiger partial charge in [-0.2, -0.15) is 0 Å². The van der Waals surface area contributed by atoms with E-state index in [-0.39, 0.29) is 0 Å². The molecule has 1 aliphatic carbocycles. The first kappa shape index (κ1) is 5.44. The summed E-state index contributed by atoms with van der Waals surface area (Å²) >= 11 is 0. The first-order valence-corrected chi connectivity index (χ1v) is 4.15. The van der Waals surface area contributed by atoms with Crippen LogP contribution in [0.5, 0.6) is 0 Å². The molecule has 0 saturated carbocycles. The number of hydrogen-bond acceptors (Lipinski definition) is 2. The SMILES string of the molecule is OS(O)(Cl)C1=CC1. The summed E-state index contributed by atoms with van der Waals surface area (Å²) in [5.74, 6) is 0. The lowest BCUT2D eigenvalue weighted by Gasteiger charge is -2.17. The third-order valence-corrected chi connectivity index (χ3v) is 2.30. The summed E-state index contributed by atoms with van der Waals surface area (Å²) in [4.78, 5) is 0.578. The van der Waals surface area contributed by atoms with Crippen LogP contribution in [0.3, 0.4) is 0 Å². The summed E-state index contributed by atoms with van der Waals surface area (Å²) in [5.41, 5.74) is 0. The van der Waals surface area contributed by atoms with Crippen LogP contribution in [0.25, 0.3) is 0 Å². The third kappa shape index (κ3) is 1.35. The zero-order valence-corrected chi connectivity index (χ0v) is 5.04. The normalized spacial score (nSPS) is 21.3. The molecule has 0 atom stereocenters. The van der Waals surface area contributed by atoms with Crippen LogP contribution in [0.4, 0.5) is 0 Å². The van der Waals surface area contributed by atoms with Gasteiger partial charge in [0.2, 0.25) is 0 Å². The Morgan fingerprint density at radius 3 is 2.14 bits per heavy atom. The van der Waals surface area contributed by atoms with E-state index in [1.165, 1.54) is 0 Å². The summed E-state index contributed by atoms with van der Waals surface area (Å²) in [6, 6.07) is 0. The second-order valence-electron chi connectivity index (χ2n) is 1.35. The minimum atomic E-state index is -2.80. The second-order valence-corrected chi connectivity index (χ2v) is 4.13. The van der Waals surface area contributed by atoms with E-state index in [0.717, 1.165) is 0 Å². The molecule has 0 saturated heterocycles. The lowest BCUT2D eigenvalue weighted by molar-refractivity contribution is 0.517. The third-order valence-electron chi connectivity index (χ3n) is 0.704. The van der Waals surface area contributed by atoms with Crippen molar-refractivity contribution in [3.8, 4) is 0 Å². The zero-order valence-electron chi connectivity index (χ0n) is 3.47. The fraction of sp³-hybridized carbons (Fsp3) is 0.333. The predicted molar refractivity (Wildman–Crippen MR) is 31.4 cm³/mol. The molecule has 0 aromatic rings. The highest BCUT2D eigenvalue weighted by Gasteiger charge is 2.21. The van der Waals surface area contributed by atoms with Gasteiger partial charge in [0.25, 0.3) is 0 Å². The molecule has 42 valence electrons. The van der Waals surface area contributed by atoms with Crippen LogP contribution in [0.15, 0.2) is 11.0 Å². The molecule has 0 fully saturated rings. The molecule has 2 N–H and O–H groups in total. The molecule has 4 heteroatoms. The molecule has 0 radical (unpaired) electrons. The van der Waals surface area contributed by atoms with Gasteiger partial charge in [-0.15, -0.1) is 0 Å². The predicted octanol–water partition coefficient (Wildman–Crippen LogP) is 2.18. The van der Waals surface area contributed by atoms with Crippen molar-refractivity contribution in [2.75, 3.05) is 0 Å². The van der Waals surface area contributed by atoms with Gasteiger partial charge < -0.3 is 0 Å². The van der Waals surface area contributed by atoms with Gasteiger partial charge in [-0.3, -0.25) is 9.11 Å². The monoisotopic (exact) mass is 140 g/mol. The first-order valence-electron chi connectivity index (χ1n) is 1.77. The van der Waals surface area contributed by atoms with Gasteiger partial charge in [0.15, 0.2) is 0 Å². The van der Waals surface area contributed by atoms with Crippen LogP contribution in [0, 0.1) is 0 Å². The molecule has 0 amide bonds. The summed E-state index contributed by atoms with van der Waals surface area (Å²) in [5, 5.41) is 0. The Labute approximate surface area is 47.6 Å². The molecule has 7 heavy (non-hydrogen) atoms. The smallest absolute Gasteiger partial charge is 0.0533 e. The topological polar surface area (TPSA) is 40.5 Å². The number of rotatable bonds is 1. The highest BCUT2D eigenvalue weighted by atomic mass is 35.7. The van der Waals surface area contributed by atoms with E-state index in [1.54, 1.807) is 6.08 Å². The number of halogens is 1. The highest BCUT2D eigenvalue weighted by molar-refractivity contribution is 8.45.